The van der Waals surface area contributed by atoms with Gasteiger partial charge in [-0.2, -0.15) is 0 Å². The van der Waals surface area contributed by atoms with Crippen LogP contribution in [0.5, 0.6) is 0 Å². The van der Waals surface area contributed by atoms with Gasteiger partial charge in [0.1, 0.15) is 11.9 Å². The molecule has 0 aliphatic carbocycles. The standard InChI is InChI=1S/C31H32FN7O/c1-20-5-9-24-18-26(31(40)33-27(24)16-20)29(30-34-35-36-39(30)19-23-7-10-25(32)11-8-23)38-14-12-37(13-15-38)28-17-21(2)4-6-22(28)3/h4-11,16-18,29H,12-15,19H2,1-3H3,(H,33,40)/t29-/m0/s1. The lowest BCUT2D eigenvalue weighted by Gasteiger charge is -2.40. The van der Waals surface area contributed by atoms with Gasteiger partial charge in [0, 0.05) is 42.9 Å². The largest absolute Gasteiger partial charge is 0.369 e. The van der Waals surface area contributed by atoms with Crippen molar-refractivity contribution in [2.45, 2.75) is 33.4 Å². The third kappa shape index (κ3) is 5.12. The maximum absolute atomic E-state index is 13.6. The van der Waals surface area contributed by atoms with Gasteiger partial charge in [-0.3, -0.25) is 9.69 Å². The number of aromatic nitrogens is 5. The molecule has 8 nitrogen and oxygen atoms in total. The number of hydrogen-bond acceptors (Lipinski definition) is 6. The topological polar surface area (TPSA) is 82.9 Å². The lowest BCUT2D eigenvalue weighted by atomic mass is 10.0. The molecule has 1 N–H and O–H groups in total. The first-order valence-electron chi connectivity index (χ1n) is 13.6. The van der Waals surface area contributed by atoms with E-state index in [0.717, 1.165) is 48.2 Å². The van der Waals surface area contributed by atoms with E-state index in [-0.39, 0.29) is 11.4 Å². The first kappa shape index (κ1) is 25.9. The van der Waals surface area contributed by atoms with E-state index in [2.05, 4.69) is 62.4 Å². The molecule has 1 aliphatic heterocycles. The molecule has 2 aromatic heterocycles. The predicted molar refractivity (Wildman–Crippen MR) is 154 cm³/mol. The van der Waals surface area contributed by atoms with Gasteiger partial charge in [0.05, 0.1) is 6.54 Å². The summed E-state index contributed by atoms with van der Waals surface area (Å²) in [4.78, 5) is 21.4. The van der Waals surface area contributed by atoms with Crippen LogP contribution in [-0.4, -0.2) is 56.3 Å². The minimum Gasteiger partial charge on any atom is -0.369 e. The zero-order valence-electron chi connectivity index (χ0n) is 22.9. The quantitative estimate of drug-likeness (QED) is 0.343. The number of halogens is 1. The second kappa shape index (κ2) is 10.7. The van der Waals surface area contributed by atoms with Crippen LogP contribution in [0, 0.1) is 26.6 Å². The van der Waals surface area contributed by atoms with Crippen molar-refractivity contribution in [2.75, 3.05) is 31.1 Å². The molecule has 0 saturated carbocycles. The van der Waals surface area contributed by atoms with Crippen molar-refractivity contribution in [3.63, 3.8) is 0 Å². The normalized spacial score (nSPS) is 15.1. The van der Waals surface area contributed by atoms with Crippen LogP contribution in [0.25, 0.3) is 10.9 Å². The maximum Gasteiger partial charge on any atom is 0.253 e. The average Bonchev–Trinajstić information content (AvgIpc) is 3.40. The highest BCUT2D eigenvalue weighted by Crippen LogP contribution is 2.30. The summed E-state index contributed by atoms with van der Waals surface area (Å²) >= 11 is 0. The van der Waals surface area contributed by atoms with Crippen molar-refractivity contribution >= 4 is 16.6 Å². The van der Waals surface area contributed by atoms with Crippen LogP contribution >= 0.6 is 0 Å². The van der Waals surface area contributed by atoms with E-state index in [1.807, 2.05) is 31.2 Å². The number of nitrogens with zero attached hydrogens (tertiary/aromatic N) is 6. The number of H-pyrrole nitrogens is 1. The summed E-state index contributed by atoms with van der Waals surface area (Å²) in [6, 6.07) is 20.4. The number of rotatable bonds is 6. The molecule has 40 heavy (non-hydrogen) atoms. The number of aromatic amines is 1. The van der Waals surface area contributed by atoms with Crippen molar-refractivity contribution in [1.29, 1.82) is 0 Å². The smallest absolute Gasteiger partial charge is 0.253 e. The summed E-state index contributed by atoms with van der Waals surface area (Å²) in [5.74, 6) is 0.291. The molecule has 0 radical (unpaired) electrons. The molecule has 3 aromatic carbocycles. The van der Waals surface area contributed by atoms with Gasteiger partial charge in [0.15, 0.2) is 5.82 Å². The highest BCUT2D eigenvalue weighted by molar-refractivity contribution is 5.79. The summed E-state index contributed by atoms with van der Waals surface area (Å²) in [7, 11) is 0. The van der Waals surface area contributed by atoms with Gasteiger partial charge in [-0.25, -0.2) is 9.07 Å². The summed E-state index contributed by atoms with van der Waals surface area (Å²) in [6.07, 6.45) is 0. The van der Waals surface area contributed by atoms with Crippen molar-refractivity contribution in [2.24, 2.45) is 0 Å². The molecule has 5 aromatic rings. The summed E-state index contributed by atoms with van der Waals surface area (Å²) < 4.78 is 15.3. The fourth-order valence-corrected chi connectivity index (χ4v) is 5.60. The van der Waals surface area contributed by atoms with Gasteiger partial charge in [-0.15, -0.1) is 5.10 Å². The Hall–Kier alpha value is -4.37. The first-order valence-corrected chi connectivity index (χ1v) is 13.6. The predicted octanol–water partition coefficient (Wildman–Crippen LogP) is 4.54. The number of nitrogens with one attached hydrogen (secondary N) is 1. The molecule has 1 atom stereocenters. The number of tetrazole rings is 1. The molecule has 1 aliphatic rings. The molecule has 9 heteroatoms. The third-order valence-electron chi connectivity index (χ3n) is 7.76. The van der Waals surface area contributed by atoms with Crippen molar-refractivity contribution < 1.29 is 4.39 Å². The Kier molecular flexibility index (Phi) is 6.89. The highest BCUT2D eigenvalue weighted by Gasteiger charge is 2.33. The molecule has 204 valence electrons. The van der Waals surface area contributed by atoms with E-state index in [0.29, 0.717) is 17.9 Å². The molecule has 6 rings (SSSR count). The number of aryl methyl sites for hydroxylation is 3. The molecular weight excluding hydrogens is 505 g/mol. The molecule has 0 unspecified atom stereocenters. The third-order valence-corrected chi connectivity index (χ3v) is 7.76. The lowest BCUT2D eigenvalue weighted by Crippen LogP contribution is -2.49. The van der Waals surface area contributed by atoms with Crippen LogP contribution in [0.2, 0.25) is 0 Å². The first-order chi connectivity index (χ1) is 19.4. The Balaban J connectivity index is 1.38. The number of pyridine rings is 1. The zero-order valence-corrected chi connectivity index (χ0v) is 22.9. The van der Waals surface area contributed by atoms with Gasteiger partial charge in [-0.05, 0) is 89.2 Å². The Morgan fingerprint density at radius 2 is 1.62 bits per heavy atom. The van der Waals surface area contributed by atoms with Gasteiger partial charge in [0.2, 0.25) is 0 Å². The van der Waals surface area contributed by atoms with Crippen molar-refractivity contribution in [1.82, 2.24) is 30.1 Å². The SMILES string of the molecule is Cc1ccc(C)c(N2CCN([C@@H](c3cc4ccc(C)cc4[nH]c3=O)c3nnnn3Cc3ccc(F)cc3)CC2)c1. The zero-order chi connectivity index (χ0) is 27.8. The van der Waals surface area contributed by atoms with Gasteiger partial charge in [0.25, 0.3) is 5.56 Å². The van der Waals surface area contributed by atoms with Crippen LogP contribution in [0.1, 0.15) is 39.7 Å². The Labute approximate surface area is 232 Å². The molecule has 0 amide bonds. The summed E-state index contributed by atoms with van der Waals surface area (Å²) in [6.45, 7) is 9.71. The van der Waals surface area contributed by atoms with E-state index in [1.165, 1.54) is 28.9 Å². The fourth-order valence-electron chi connectivity index (χ4n) is 5.60. The molecule has 3 heterocycles. The monoisotopic (exact) mass is 537 g/mol. The fraction of sp³-hybridized carbons (Fsp3) is 0.290. The van der Waals surface area contributed by atoms with E-state index >= 15 is 0 Å². The number of fused-ring (bicyclic) bond motifs is 1. The molecular formula is C31H32FN7O. The Bertz CT molecular complexity index is 1720. The number of benzene rings is 3. The van der Waals surface area contributed by atoms with Gasteiger partial charge >= 0.3 is 0 Å². The van der Waals surface area contributed by atoms with Crippen LogP contribution in [0.4, 0.5) is 10.1 Å². The second-order valence-electron chi connectivity index (χ2n) is 10.7. The van der Waals surface area contributed by atoms with Crippen molar-refractivity contribution in [3.05, 3.63) is 117 Å². The van der Waals surface area contributed by atoms with Gasteiger partial charge < -0.3 is 9.88 Å². The molecule has 0 spiro atoms. The van der Waals surface area contributed by atoms with Crippen LogP contribution in [0.3, 0.4) is 0 Å². The number of hydrogen-bond donors (Lipinski definition) is 1. The maximum atomic E-state index is 13.6. The highest BCUT2D eigenvalue weighted by atomic mass is 19.1. The van der Waals surface area contributed by atoms with Crippen LogP contribution < -0.4 is 10.5 Å². The minimum absolute atomic E-state index is 0.156. The molecule has 1 fully saturated rings. The summed E-state index contributed by atoms with van der Waals surface area (Å²) in [5.41, 5.74) is 6.94. The number of piperazine rings is 1. The van der Waals surface area contributed by atoms with Crippen molar-refractivity contribution in [3.8, 4) is 0 Å². The van der Waals surface area contributed by atoms with Crippen LogP contribution in [0.15, 0.2) is 71.5 Å². The van der Waals surface area contributed by atoms with Crippen LogP contribution in [-0.2, 0) is 6.54 Å². The Morgan fingerprint density at radius 3 is 2.40 bits per heavy atom. The molecule has 0 bridgehead atoms. The molecule has 1 saturated heterocycles. The van der Waals surface area contributed by atoms with E-state index in [9.17, 15) is 9.18 Å². The van der Waals surface area contributed by atoms with E-state index in [1.54, 1.807) is 16.8 Å². The second-order valence-corrected chi connectivity index (χ2v) is 10.7. The number of anilines is 1. The lowest BCUT2D eigenvalue weighted by molar-refractivity contribution is 0.200. The van der Waals surface area contributed by atoms with Gasteiger partial charge in [-0.1, -0.05) is 36.4 Å². The van der Waals surface area contributed by atoms with E-state index in [4.69, 9.17) is 0 Å². The Morgan fingerprint density at radius 1 is 0.900 bits per heavy atom. The summed E-state index contributed by atoms with van der Waals surface area (Å²) in [5, 5.41) is 13.7. The minimum atomic E-state index is -0.453. The average molecular weight is 538 g/mol. The van der Waals surface area contributed by atoms with E-state index < -0.39 is 6.04 Å².